The minimum Gasteiger partial charge on any atom is -0.291 e. The molecule has 0 aromatic heterocycles. The van der Waals surface area contributed by atoms with Gasteiger partial charge in [0.05, 0.1) is 11.3 Å². The van der Waals surface area contributed by atoms with Crippen LogP contribution in [0.1, 0.15) is 37.0 Å². The predicted octanol–water partition coefficient (Wildman–Crippen LogP) is 3.35. The van der Waals surface area contributed by atoms with Crippen LogP contribution in [-0.2, 0) is 0 Å². The molecule has 13 heavy (non-hydrogen) atoms. The molecule has 1 aromatic carbocycles. The molecule has 1 rings (SSSR count). The molecule has 0 aliphatic rings. The monoisotopic (exact) mass is 174 g/mol. The normalized spacial score (nSPS) is 9.77. The number of hydrogen-bond acceptors (Lipinski definition) is 1. The van der Waals surface area contributed by atoms with Crippen LogP contribution in [0.5, 0.6) is 0 Å². The van der Waals surface area contributed by atoms with Gasteiger partial charge in [-0.05, 0) is 19.1 Å². The lowest BCUT2D eigenvalue weighted by atomic mass is 9.96. The van der Waals surface area contributed by atoms with Crippen molar-refractivity contribution in [2.45, 2.75) is 27.2 Å². The Morgan fingerprint density at radius 2 is 2.15 bits per heavy atom. The second-order valence-electron chi connectivity index (χ2n) is 3.27. The van der Waals surface area contributed by atoms with E-state index in [2.05, 4.69) is 26.3 Å². The minimum atomic E-state index is 0.642. The van der Waals surface area contributed by atoms with Crippen molar-refractivity contribution in [3.8, 4) is 0 Å². The Labute approximate surface area is 80.3 Å². The number of rotatable bonds is 3. The molecule has 0 atom stereocenters. The minimum absolute atomic E-state index is 0.642. The Kier molecular flexibility index (Phi) is 3.13. The molecule has 1 aromatic rings. The van der Waals surface area contributed by atoms with Crippen molar-refractivity contribution >= 4 is 5.71 Å². The average Bonchev–Trinajstić information content (AvgIpc) is 2.08. The van der Waals surface area contributed by atoms with Crippen molar-refractivity contribution in [2.75, 3.05) is 0 Å². The standard InChI is InChI=1S/C12H16N/c1-4-6-11-9(2)7-5-8-12(11)10(3)13/h5-8,13H,4H2,1-3H3/q+1. The Bertz CT molecular complexity index is 313. The Morgan fingerprint density at radius 3 is 2.69 bits per heavy atom. The lowest BCUT2D eigenvalue weighted by Gasteiger charge is -2.00. The summed E-state index contributed by atoms with van der Waals surface area (Å²) in [7, 11) is 0. The summed E-state index contributed by atoms with van der Waals surface area (Å²) < 4.78 is 0. The first-order chi connectivity index (χ1) is 6.16. The molecule has 0 bridgehead atoms. The molecule has 0 saturated carbocycles. The van der Waals surface area contributed by atoms with Gasteiger partial charge in [-0.1, -0.05) is 6.92 Å². The highest BCUT2D eigenvalue weighted by molar-refractivity contribution is 5.98. The first kappa shape index (κ1) is 9.85. The van der Waals surface area contributed by atoms with E-state index in [0.717, 1.165) is 12.0 Å². The van der Waals surface area contributed by atoms with E-state index in [1.54, 1.807) is 0 Å². The lowest BCUT2D eigenvalue weighted by molar-refractivity contribution is 1.10. The van der Waals surface area contributed by atoms with Crippen LogP contribution in [0.4, 0.5) is 0 Å². The van der Waals surface area contributed by atoms with Gasteiger partial charge in [-0.3, -0.25) is 5.41 Å². The van der Waals surface area contributed by atoms with Gasteiger partial charge in [-0.15, -0.1) is 0 Å². The largest absolute Gasteiger partial charge is 0.291 e. The molecule has 0 amide bonds. The molecule has 0 heterocycles. The van der Waals surface area contributed by atoms with E-state index >= 15 is 0 Å². The van der Waals surface area contributed by atoms with Crippen LogP contribution >= 0.6 is 0 Å². The second-order valence-corrected chi connectivity index (χ2v) is 3.27. The van der Waals surface area contributed by atoms with Crippen LogP contribution in [0.25, 0.3) is 0 Å². The van der Waals surface area contributed by atoms with Crippen molar-refractivity contribution in [3.05, 3.63) is 41.3 Å². The van der Waals surface area contributed by atoms with Gasteiger partial charge in [0.25, 0.3) is 0 Å². The van der Waals surface area contributed by atoms with Gasteiger partial charge in [0, 0.05) is 25.8 Å². The number of hydrogen-bond donors (Lipinski definition) is 1. The summed E-state index contributed by atoms with van der Waals surface area (Å²) in [6.07, 6.45) is 3.20. The molecule has 0 aliphatic carbocycles. The van der Waals surface area contributed by atoms with Gasteiger partial charge in [-0.2, -0.15) is 0 Å². The number of benzene rings is 1. The first-order valence-corrected chi connectivity index (χ1v) is 4.65. The van der Waals surface area contributed by atoms with E-state index in [1.807, 2.05) is 19.1 Å². The third-order valence-corrected chi connectivity index (χ3v) is 2.14. The maximum atomic E-state index is 7.63. The zero-order valence-electron chi connectivity index (χ0n) is 8.52. The summed E-state index contributed by atoms with van der Waals surface area (Å²) in [5, 5.41) is 7.63. The van der Waals surface area contributed by atoms with Crippen LogP contribution in [0.15, 0.2) is 18.2 Å². The third kappa shape index (κ3) is 2.11. The highest BCUT2D eigenvalue weighted by atomic mass is 14.4. The van der Waals surface area contributed by atoms with Crippen molar-refractivity contribution in [3.63, 3.8) is 0 Å². The fourth-order valence-electron chi connectivity index (χ4n) is 1.48. The fourth-order valence-corrected chi connectivity index (χ4v) is 1.48. The quantitative estimate of drug-likeness (QED) is 0.537. The first-order valence-electron chi connectivity index (χ1n) is 4.65. The predicted molar refractivity (Wildman–Crippen MR) is 57.4 cm³/mol. The topological polar surface area (TPSA) is 23.9 Å². The molecule has 0 spiro atoms. The van der Waals surface area contributed by atoms with E-state index in [4.69, 9.17) is 5.41 Å². The van der Waals surface area contributed by atoms with E-state index in [1.165, 1.54) is 11.1 Å². The van der Waals surface area contributed by atoms with Crippen LogP contribution < -0.4 is 0 Å². The molecule has 1 nitrogen and oxygen atoms in total. The third-order valence-electron chi connectivity index (χ3n) is 2.14. The molecule has 0 radical (unpaired) electrons. The van der Waals surface area contributed by atoms with Gasteiger partial charge >= 0.3 is 0 Å². The second kappa shape index (κ2) is 4.13. The SMILES string of the molecule is CC[CH+]c1c(C)cccc1C(C)=N. The van der Waals surface area contributed by atoms with E-state index in [-0.39, 0.29) is 0 Å². The van der Waals surface area contributed by atoms with Crippen LogP contribution in [0.2, 0.25) is 0 Å². The van der Waals surface area contributed by atoms with Crippen LogP contribution in [0, 0.1) is 18.8 Å². The maximum absolute atomic E-state index is 7.63. The molecular weight excluding hydrogens is 158 g/mol. The average molecular weight is 174 g/mol. The Balaban J connectivity index is 3.17. The summed E-state index contributed by atoms with van der Waals surface area (Å²) in [5.74, 6) is 0. The van der Waals surface area contributed by atoms with Crippen molar-refractivity contribution in [2.24, 2.45) is 0 Å². The van der Waals surface area contributed by atoms with E-state index in [0.29, 0.717) is 5.71 Å². The van der Waals surface area contributed by atoms with Gasteiger partial charge < -0.3 is 0 Å². The highest BCUT2D eigenvalue weighted by Crippen LogP contribution is 2.17. The maximum Gasteiger partial charge on any atom is 0.141 e. The molecule has 1 N–H and O–H groups in total. The van der Waals surface area contributed by atoms with Gasteiger partial charge in [-0.25, -0.2) is 0 Å². The number of nitrogens with one attached hydrogen (secondary N) is 1. The van der Waals surface area contributed by atoms with E-state index in [9.17, 15) is 0 Å². The molecule has 0 aliphatic heterocycles. The van der Waals surface area contributed by atoms with Gasteiger partial charge in [0.1, 0.15) is 11.1 Å². The highest BCUT2D eigenvalue weighted by Gasteiger charge is 2.14. The van der Waals surface area contributed by atoms with Crippen LogP contribution in [-0.4, -0.2) is 5.71 Å². The lowest BCUT2D eigenvalue weighted by Crippen LogP contribution is -2.00. The molecular formula is C12H16N+. The van der Waals surface area contributed by atoms with Crippen LogP contribution in [0.3, 0.4) is 0 Å². The zero-order valence-corrected chi connectivity index (χ0v) is 8.52. The molecule has 0 saturated heterocycles. The van der Waals surface area contributed by atoms with Crippen molar-refractivity contribution in [1.29, 1.82) is 5.41 Å². The fraction of sp³-hybridized carbons (Fsp3) is 0.333. The van der Waals surface area contributed by atoms with Crippen molar-refractivity contribution < 1.29 is 0 Å². The van der Waals surface area contributed by atoms with E-state index < -0.39 is 0 Å². The van der Waals surface area contributed by atoms with Gasteiger partial charge in [0.15, 0.2) is 0 Å². The molecule has 0 unspecified atom stereocenters. The van der Waals surface area contributed by atoms with Crippen molar-refractivity contribution in [1.82, 2.24) is 0 Å². The molecule has 68 valence electrons. The Hall–Kier alpha value is -1.24. The summed E-state index contributed by atoms with van der Waals surface area (Å²) >= 11 is 0. The number of aryl methyl sites for hydroxylation is 1. The molecule has 0 fully saturated rings. The Morgan fingerprint density at radius 1 is 1.46 bits per heavy atom. The van der Waals surface area contributed by atoms with Gasteiger partial charge in [0.2, 0.25) is 0 Å². The summed E-state index contributed by atoms with van der Waals surface area (Å²) in [6, 6.07) is 6.11. The summed E-state index contributed by atoms with van der Waals surface area (Å²) in [4.78, 5) is 0. The zero-order chi connectivity index (χ0) is 9.84. The summed E-state index contributed by atoms with van der Waals surface area (Å²) in [5.41, 5.74) is 4.17. The molecule has 1 heteroatoms. The smallest absolute Gasteiger partial charge is 0.141 e. The summed E-state index contributed by atoms with van der Waals surface area (Å²) in [6.45, 7) is 6.05.